The number of hydrogen-bond donors (Lipinski definition) is 3. The minimum absolute atomic E-state index is 0.134. The van der Waals surface area contributed by atoms with Crippen LogP contribution in [0.3, 0.4) is 0 Å². The predicted molar refractivity (Wildman–Crippen MR) is 73.3 cm³/mol. The summed E-state index contributed by atoms with van der Waals surface area (Å²) in [6, 6.07) is -0.482. The van der Waals surface area contributed by atoms with E-state index in [1.165, 1.54) is 4.90 Å². The molecule has 114 valence electrons. The molecule has 1 heterocycles. The summed E-state index contributed by atoms with van der Waals surface area (Å²) in [5, 5.41) is 14.5. The predicted octanol–water partition coefficient (Wildman–Crippen LogP) is 0.551. The van der Waals surface area contributed by atoms with E-state index >= 15 is 0 Å². The first-order valence-electron chi connectivity index (χ1n) is 7.03. The van der Waals surface area contributed by atoms with E-state index in [1.54, 1.807) is 6.92 Å². The lowest BCUT2D eigenvalue weighted by Gasteiger charge is -2.34. The maximum absolute atomic E-state index is 12.1. The monoisotopic (exact) mass is 285 g/mol. The van der Waals surface area contributed by atoms with Gasteiger partial charge in [0.2, 0.25) is 5.91 Å². The fourth-order valence-electron chi connectivity index (χ4n) is 2.69. The van der Waals surface area contributed by atoms with Gasteiger partial charge in [0.15, 0.2) is 0 Å². The van der Waals surface area contributed by atoms with Gasteiger partial charge in [0.1, 0.15) is 5.54 Å². The minimum atomic E-state index is -1.12. The topological polar surface area (TPSA) is 98.7 Å². The largest absolute Gasteiger partial charge is 0.479 e. The number of aliphatic carboxylic acids is 1. The number of carbonyl (C=O) groups excluding carboxylic acids is 2. The summed E-state index contributed by atoms with van der Waals surface area (Å²) in [7, 11) is 0. The van der Waals surface area contributed by atoms with Crippen molar-refractivity contribution in [3.05, 3.63) is 0 Å². The molecule has 1 fully saturated rings. The molecule has 1 saturated heterocycles. The molecule has 1 atom stereocenters. The number of nitrogens with zero attached hydrogens (tertiary/aromatic N) is 1. The number of nitrogens with one attached hydrogen (secondary N) is 2. The molecule has 3 N–H and O–H groups in total. The van der Waals surface area contributed by atoms with Crippen LogP contribution in [0.5, 0.6) is 0 Å². The fraction of sp³-hybridized carbons (Fsp3) is 0.769. The van der Waals surface area contributed by atoms with E-state index in [1.807, 2.05) is 6.92 Å². The van der Waals surface area contributed by atoms with E-state index in [2.05, 4.69) is 10.6 Å². The highest BCUT2D eigenvalue weighted by Crippen LogP contribution is 2.33. The van der Waals surface area contributed by atoms with Crippen LogP contribution in [-0.2, 0) is 9.59 Å². The number of likely N-dealkylation sites (N-methyl/N-ethyl adjacent to an activating group) is 1. The summed E-state index contributed by atoms with van der Waals surface area (Å²) >= 11 is 0. The van der Waals surface area contributed by atoms with Crippen LogP contribution in [0.2, 0.25) is 0 Å². The van der Waals surface area contributed by atoms with Crippen molar-refractivity contribution < 1.29 is 19.5 Å². The Morgan fingerprint density at radius 2 is 1.95 bits per heavy atom. The summed E-state index contributed by atoms with van der Waals surface area (Å²) in [5.41, 5.74) is -1.12. The summed E-state index contributed by atoms with van der Waals surface area (Å²) in [4.78, 5) is 36.4. The molecule has 0 aromatic heterocycles. The number of hydrogen-bond acceptors (Lipinski definition) is 3. The first-order valence-corrected chi connectivity index (χ1v) is 7.03. The first kappa shape index (κ1) is 16.3. The maximum Gasteiger partial charge on any atom is 0.329 e. The van der Waals surface area contributed by atoms with Crippen molar-refractivity contribution in [1.82, 2.24) is 15.5 Å². The van der Waals surface area contributed by atoms with Gasteiger partial charge >= 0.3 is 12.0 Å². The Morgan fingerprint density at radius 1 is 1.25 bits per heavy atom. The number of likely N-dealkylation sites (tertiary alicyclic amines) is 1. The van der Waals surface area contributed by atoms with E-state index < -0.39 is 17.5 Å². The zero-order valence-corrected chi connectivity index (χ0v) is 12.1. The number of rotatable bonds is 6. The SMILES string of the molecule is CCCC1(C(=O)O)CCCN1C(=O)NCC(=O)NCC. The molecule has 0 spiro atoms. The van der Waals surface area contributed by atoms with Crippen molar-refractivity contribution in [2.45, 2.75) is 45.1 Å². The van der Waals surface area contributed by atoms with Crippen LogP contribution in [0.4, 0.5) is 4.79 Å². The average Bonchev–Trinajstić information content (AvgIpc) is 2.82. The van der Waals surface area contributed by atoms with Crippen LogP contribution < -0.4 is 10.6 Å². The molecule has 0 radical (unpaired) electrons. The van der Waals surface area contributed by atoms with E-state index in [0.29, 0.717) is 38.8 Å². The Kier molecular flexibility index (Phi) is 5.79. The van der Waals surface area contributed by atoms with Gasteiger partial charge in [-0.25, -0.2) is 9.59 Å². The molecule has 1 rings (SSSR count). The highest BCUT2D eigenvalue weighted by atomic mass is 16.4. The normalized spacial score (nSPS) is 21.6. The van der Waals surface area contributed by atoms with Gasteiger partial charge in [-0.15, -0.1) is 0 Å². The second kappa shape index (κ2) is 7.12. The van der Waals surface area contributed by atoms with Crippen LogP contribution in [0.15, 0.2) is 0 Å². The quantitative estimate of drug-likeness (QED) is 0.663. The third-order valence-electron chi connectivity index (χ3n) is 3.57. The van der Waals surface area contributed by atoms with Gasteiger partial charge in [0, 0.05) is 13.1 Å². The molecule has 0 aliphatic carbocycles. The van der Waals surface area contributed by atoms with Crippen LogP contribution in [0.1, 0.15) is 39.5 Å². The third kappa shape index (κ3) is 3.40. The van der Waals surface area contributed by atoms with E-state index in [-0.39, 0.29) is 12.5 Å². The van der Waals surface area contributed by atoms with Gasteiger partial charge < -0.3 is 20.6 Å². The van der Waals surface area contributed by atoms with Gasteiger partial charge in [0.05, 0.1) is 6.54 Å². The molecule has 0 bridgehead atoms. The molecule has 1 aliphatic rings. The lowest BCUT2D eigenvalue weighted by molar-refractivity contribution is -0.148. The molecule has 7 nitrogen and oxygen atoms in total. The zero-order valence-electron chi connectivity index (χ0n) is 12.1. The van der Waals surface area contributed by atoms with Crippen molar-refractivity contribution in [2.75, 3.05) is 19.6 Å². The molecule has 1 aliphatic heterocycles. The minimum Gasteiger partial charge on any atom is -0.479 e. The van der Waals surface area contributed by atoms with Gasteiger partial charge in [0.25, 0.3) is 0 Å². The number of carboxylic acid groups (broad SMARTS) is 1. The summed E-state index contributed by atoms with van der Waals surface area (Å²) < 4.78 is 0. The van der Waals surface area contributed by atoms with Gasteiger partial charge in [-0.05, 0) is 26.2 Å². The summed E-state index contributed by atoms with van der Waals surface area (Å²) in [5.74, 6) is -1.25. The molecule has 20 heavy (non-hydrogen) atoms. The Balaban J connectivity index is 2.70. The van der Waals surface area contributed by atoms with Crippen LogP contribution >= 0.6 is 0 Å². The van der Waals surface area contributed by atoms with Crippen LogP contribution in [0, 0.1) is 0 Å². The average molecular weight is 285 g/mol. The number of carboxylic acids is 1. The molecule has 7 heteroatoms. The van der Waals surface area contributed by atoms with E-state index in [9.17, 15) is 19.5 Å². The molecular formula is C13H23N3O4. The third-order valence-corrected chi connectivity index (χ3v) is 3.57. The van der Waals surface area contributed by atoms with E-state index in [4.69, 9.17) is 0 Å². The van der Waals surface area contributed by atoms with Crippen molar-refractivity contribution in [1.29, 1.82) is 0 Å². The van der Waals surface area contributed by atoms with Crippen molar-refractivity contribution in [2.24, 2.45) is 0 Å². The first-order chi connectivity index (χ1) is 9.47. The van der Waals surface area contributed by atoms with Crippen LogP contribution in [0.25, 0.3) is 0 Å². The fourth-order valence-corrected chi connectivity index (χ4v) is 2.69. The van der Waals surface area contributed by atoms with Crippen molar-refractivity contribution in [3.8, 4) is 0 Å². The summed E-state index contributed by atoms with van der Waals surface area (Å²) in [6.07, 6.45) is 2.24. The highest BCUT2D eigenvalue weighted by molar-refractivity contribution is 5.89. The highest BCUT2D eigenvalue weighted by Gasteiger charge is 2.49. The standard InChI is InChI=1S/C13H23N3O4/c1-3-6-13(11(18)19)7-5-8-16(13)12(20)15-9-10(17)14-4-2/h3-9H2,1-2H3,(H,14,17)(H,15,20)(H,18,19). The number of amides is 3. The maximum atomic E-state index is 12.1. The van der Waals surface area contributed by atoms with Crippen molar-refractivity contribution >= 4 is 17.9 Å². The second-order valence-corrected chi connectivity index (χ2v) is 4.95. The lowest BCUT2D eigenvalue weighted by Crippen LogP contribution is -2.56. The Morgan fingerprint density at radius 3 is 2.50 bits per heavy atom. The zero-order chi connectivity index (χ0) is 15.2. The van der Waals surface area contributed by atoms with Crippen LogP contribution in [-0.4, -0.2) is 53.1 Å². The second-order valence-electron chi connectivity index (χ2n) is 4.95. The van der Waals surface area contributed by atoms with Gasteiger partial charge in [-0.3, -0.25) is 4.79 Å². The number of carbonyl (C=O) groups is 3. The molecular weight excluding hydrogens is 262 g/mol. The molecule has 0 aromatic rings. The molecule has 0 aromatic carbocycles. The Labute approximate surface area is 118 Å². The van der Waals surface area contributed by atoms with Gasteiger partial charge in [-0.1, -0.05) is 13.3 Å². The number of urea groups is 1. The smallest absolute Gasteiger partial charge is 0.329 e. The Hall–Kier alpha value is -1.79. The molecule has 0 saturated carbocycles. The lowest BCUT2D eigenvalue weighted by atomic mass is 9.91. The van der Waals surface area contributed by atoms with Gasteiger partial charge in [-0.2, -0.15) is 0 Å². The van der Waals surface area contributed by atoms with Crippen molar-refractivity contribution in [3.63, 3.8) is 0 Å². The molecule has 1 unspecified atom stereocenters. The summed E-state index contributed by atoms with van der Waals surface area (Å²) in [6.45, 7) is 4.45. The Bertz CT molecular complexity index is 386. The molecule has 3 amide bonds. The van der Waals surface area contributed by atoms with E-state index in [0.717, 1.165) is 0 Å².